The minimum absolute atomic E-state index is 0.383. The topological polar surface area (TPSA) is 60.5 Å². The molecule has 0 saturated carbocycles. The van der Waals surface area contributed by atoms with E-state index < -0.39 is 6.09 Å². The second kappa shape index (κ2) is 6.54. The number of anilines is 1. The molecule has 0 aliphatic heterocycles. The maximum absolute atomic E-state index is 12.1. The number of hydrogen-bond acceptors (Lipinski definition) is 4. The Morgan fingerprint density at radius 2 is 1.96 bits per heavy atom. The number of benzene rings is 2. The van der Waals surface area contributed by atoms with Gasteiger partial charge in [0.05, 0.1) is 12.8 Å². The van der Waals surface area contributed by atoms with Crippen molar-refractivity contribution < 1.29 is 14.3 Å². The highest BCUT2D eigenvalue weighted by atomic mass is 35.5. The molecule has 3 aromatic rings. The van der Waals surface area contributed by atoms with Crippen molar-refractivity contribution in [1.29, 1.82) is 0 Å². The number of fused-ring (bicyclic) bond motifs is 1. The number of para-hydroxylation sites is 1. The van der Waals surface area contributed by atoms with E-state index in [1.54, 1.807) is 36.5 Å². The summed E-state index contributed by atoms with van der Waals surface area (Å²) < 4.78 is 10.5. The highest BCUT2D eigenvalue weighted by molar-refractivity contribution is 6.30. The predicted molar refractivity (Wildman–Crippen MR) is 89.4 cm³/mol. The average Bonchev–Trinajstić information content (AvgIpc) is 2.57. The molecule has 1 amide bonds. The molecule has 0 radical (unpaired) electrons. The molecule has 23 heavy (non-hydrogen) atoms. The molecule has 116 valence electrons. The molecule has 0 bridgehead atoms. The Bertz CT molecular complexity index is 862. The molecule has 0 spiro atoms. The van der Waals surface area contributed by atoms with Crippen LogP contribution < -0.4 is 14.8 Å². The van der Waals surface area contributed by atoms with E-state index in [2.05, 4.69) is 10.3 Å². The monoisotopic (exact) mass is 328 g/mol. The number of carbonyl (C=O) groups excluding carboxylic acids is 1. The molecule has 5 nitrogen and oxygen atoms in total. The van der Waals surface area contributed by atoms with E-state index in [1.807, 2.05) is 18.2 Å². The second-order valence-electron chi connectivity index (χ2n) is 4.69. The van der Waals surface area contributed by atoms with Crippen LogP contribution in [-0.4, -0.2) is 18.2 Å². The van der Waals surface area contributed by atoms with Gasteiger partial charge in [-0.2, -0.15) is 0 Å². The van der Waals surface area contributed by atoms with Crippen LogP contribution in [0, 0.1) is 0 Å². The standard InChI is InChI=1S/C17H13ClN2O3/c1-22-15-10-12(18)7-8-13(15)20-17(21)23-14-6-2-4-11-5-3-9-19-16(11)14/h2-10H,1H3,(H,20,21). The second-order valence-corrected chi connectivity index (χ2v) is 5.13. The fourth-order valence-electron chi connectivity index (χ4n) is 2.16. The van der Waals surface area contributed by atoms with Crippen LogP contribution in [0.4, 0.5) is 10.5 Å². The van der Waals surface area contributed by atoms with Crippen molar-refractivity contribution in [1.82, 2.24) is 4.98 Å². The number of amides is 1. The van der Waals surface area contributed by atoms with Gasteiger partial charge in [-0.25, -0.2) is 4.79 Å². The highest BCUT2D eigenvalue weighted by Crippen LogP contribution is 2.28. The molecule has 0 saturated heterocycles. The number of ether oxygens (including phenoxy) is 2. The quantitative estimate of drug-likeness (QED) is 0.768. The van der Waals surface area contributed by atoms with Crippen LogP contribution in [0.15, 0.2) is 54.7 Å². The van der Waals surface area contributed by atoms with Gasteiger partial charge < -0.3 is 9.47 Å². The van der Waals surface area contributed by atoms with Crippen molar-refractivity contribution in [3.8, 4) is 11.5 Å². The SMILES string of the molecule is COc1cc(Cl)ccc1NC(=O)Oc1cccc2cccnc12. The van der Waals surface area contributed by atoms with Gasteiger partial charge in [0.2, 0.25) is 0 Å². The number of nitrogens with one attached hydrogen (secondary N) is 1. The maximum atomic E-state index is 12.1. The van der Waals surface area contributed by atoms with Gasteiger partial charge in [-0.3, -0.25) is 10.3 Å². The summed E-state index contributed by atoms with van der Waals surface area (Å²) >= 11 is 5.90. The van der Waals surface area contributed by atoms with Gasteiger partial charge in [-0.05, 0) is 24.3 Å². The van der Waals surface area contributed by atoms with E-state index in [-0.39, 0.29) is 0 Å². The van der Waals surface area contributed by atoms with Crippen LogP contribution in [0.5, 0.6) is 11.5 Å². The lowest BCUT2D eigenvalue weighted by molar-refractivity contribution is 0.215. The molecule has 0 atom stereocenters. The van der Waals surface area contributed by atoms with E-state index >= 15 is 0 Å². The van der Waals surface area contributed by atoms with Crippen LogP contribution in [0.1, 0.15) is 0 Å². The number of carbonyl (C=O) groups is 1. The Balaban J connectivity index is 1.82. The molecule has 0 unspecified atom stereocenters. The molecular weight excluding hydrogens is 316 g/mol. The Hall–Kier alpha value is -2.79. The summed E-state index contributed by atoms with van der Waals surface area (Å²) in [5.41, 5.74) is 1.09. The molecule has 3 rings (SSSR count). The lowest BCUT2D eigenvalue weighted by atomic mass is 10.2. The Kier molecular flexibility index (Phi) is 4.30. The number of rotatable bonds is 3. The third-order valence-electron chi connectivity index (χ3n) is 3.20. The molecule has 0 fully saturated rings. The lowest BCUT2D eigenvalue weighted by Gasteiger charge is -2.11. The minimum atomic E-state index is -0.635. The molecule has 1 aromatic heterocycles. The van der Waals surface area contributed by atoms with Gasteiger partial charge in [0.1, 0.15) is 11.3 Å². The molecule has 0 aliphatic carbocycles. The van der Waals surface area contributed by atoms with E-state index in [0.717, 1.165) is 5.39 Å². The first-order valence-electron chi connectivity index (χ1n) is 6.83. The van der Waals surface area contributed by atoms with Crippen molar-refractivity contribution in [2.45, 2.75) is 0 Å². The third-order valence-corrected chi connectivity index (χ3v) is 3.43. The third kappa shape index (κ3) is 3.35. The van der Waals surface area contributed by atoms with Crippen LogP contribution in [0.25, 0.3) is 10.9 Å². The van der Waals surface area contributed by atoms with Gasteiger partial charge in [-0.1, -0.05) is 29.8 Å². The zero-order valence-corrected chi connectivity index (χ0v) is 13.0. The Morgan fingerprint density at radius 1 is 1.13 bits per heavy atom. The van der Waals surface area contributed by atoms with E-state index in [4.69, 9.17) is 21.1 Å². The number of nitrogens with zero attached hydrogens (tertiary/aromatic N) is 1. The zero-order valence-electron chi connectivity index (χ0n) is 12.2. The van der Waals surface area contributed by atoms with Crippen molar-refractivity contribution in [2.24, 2.45) is 0 Å². The summed E-state index contributed by atoms with van der Waals surface area (Å²) in [7, 11) is 1.50. The first-order chi connectivity index (χ1) is 11.2. The Morgan fingerprint density at radius 3 is 2.78 bits per heavy atom. The minimum Gasteiger partial charge on any atom is -0.495 e. The summed E-state index contributed by atoms with van der Waals surface area (Å²) in [6.45, 7) is 0. The molecule has 6 heteroatoms. The Labute approximate surface area is 137 Å². The van der Waals surface area contributed by atoms with Gasteiger partial charge >= 0.3 is 6.09 Å². The lowest BCUT2D eigenvalue weighted by Crippen LogP contribution is -2.17. The van der Waals surface area contributed by atoms with E-state index in [0.29, 0.717) is 27.7 Å². The molecule has 0 aliphatic rings. The zero-order chi connectivity index (χ0) is 16.2. The van der Waals surface area contributed by atoms with Crippen molar-refractivity contribution >= 4 is 34.3 Å². The molecule has 2 aromatic carbocycles. The van der Waals surface area contributed by atoms with Crippen LogP contribution >= 0.6 is 11.6 Å². The van der Waals surface area contributed by atoms with E-state index in [9.17, 15) is 4.79 Å². The predicted octanol–water partition coefficient (Wildman–Crippen LogP) is 4.51. The maximum Gasteiger partial charge on any atom is 0.417 e. The summed E-state index contributed by atoms with van der Waals surface area (Å²) in [5, 5.41) is 4.03. The van der Waals surface area contributed by atoms with E-state index in [1.165, 1.54) is 7.11 Å². The average molecular weight is 329 g/mol. The number of hydrogen-bond donors (Lipinski definition) is 1. The van der Waals surface area contributed by atoms with Crippen molar-refractivity contribution in [3.05, 3.63) is 59.8 Å². The van der Waals surface area contributed by atoms with Crippen molar-refractivity contribution in [2.75, 3.05) is 12.4 Å². The van der Waals surface area contributed by atoms with Gasteiger partial charge in [-0.15, -0.1) is 0 Å². The van der Waals surface area contributed by atoms with Gasteiger partial charge in [0, 0.05) is 22.7 Å². The van der Waals surface area contributed by atoms with Gasteiger partial charge in [0.15, 0.2) is 5.75 Å². The number of pyridine rings is 1. The normalized spacial score (nSPS) is 10.3. The molecule has 1 N–H and O–H groups in total. The van der Waals surface area contributed by atoms with Crippen LogP contribution in [0.2, 0.25) is 5.02 Å². The first-order valence-corrected chi connectivity index (χ1v) is 7.21. The molecular formula is C17H13ClN2O3. The summed E-state index contributed by atoms with van der Waals surface area (Å²) in [6, 6.07) is 14.0. The van der Waals surface area contributed by atoms with Gasteiger partial charge in [0.25, 0.3) is 0 Å². The summed E-state index contributed by atoms with van der Waals surface area (Å²) in [4.78, 5) is 16.4. The summed E-state index contributed by atoms with van der Waals surface area (Å²) in [5.74, 6) is 0.832. The number of halogens is 1. The van der Waals surface area contributed by atoms with Crippen molar-refractivity contribution in [3.63, 3.8) is 0 Å². The highest BCUT2D eigenvalue weighted by Gasteiger charge is 2.12. The smallest absolute Gasteiger partial charge is 0.417 e. The fourth-order valence-corrected chi connectivity index (χ4v) is 2.32. The van der Waals surface area contributed by atoms with Crippen LogP contribution in [-0.2, 0) is 0 Å². The summed E-state index contributed by atoms with van der Waals surface area (Å²) in [6.07, 6.45) is 1.01. The molecule has 1 heterocycles. The largest absolute Gasteiger partial charge is 0.495 e. The number of aromatic nitrogens is 1. The number of methoxy groups -OCH3 is 1. The first kappa shape index (κ1) is 15.1. The fraction of sp³-hybridized carbons (Fsp3) is 0.0588. The van der Waals surface area contributed by atoms with Crippen LogP contribution in [0.3, 0.4) is 0 Å².